The zero-order valence-electron chi connectivity index (χ0n) is 13.7. The molecule has 0 bridgehead atoms. The van der Waals surface area contributed by atoms with Crippen LogP contribution in [0.1, 0.15) is 52.9 Å². The molecule has 6 heteroatoms. The maximum Gasteiger partial charge on any atom is 0.310 e. The van der Waals surface area contributed by atoms with Crippen molar-refractivity contribution in [3.05, 3.63) is 15.9 Å². The molecule has 120 valence electrons. The molecule has 0 fully saturated rings. The van der Waals surface area contributed by atoms with Gasteiger partial charge in [0.2, 0.25) is 0 Å². The monoisotopic (exact) mass is 359 g/mol. The lowest BCUT2D eigenvalue weighted by Gasteiger charge is -2.39. The van der Waals surface area contributed by atoms with Crippen LogP contribution in [0.3, 0.4) is 0 Å². The Labute approximate surface area is 135 Å². The summed E-state index contributed by atoms with van der Waals surface area (Å²) in [6.07, 6.45) is 0.866. The average molecular weight is 360 g/mol. The summed E-state index contributed by atoms with van der Waals surface area (Å²) in [4.78, 5) is 11.5. The van der Waals surface area contributed by atoms with Crippen LogP contribution in [-0.4, -0.2) is 26.4 Å². The van der Waals surface area contributed by atoms with E-state index in [1.807, 2.05) is 18.5 Å². The van der Waals surface area contributed by atoms with Crippen molar-refractivity contribution in [2.24, 2.45) is 5.41 Å². The lowest BCUT2D eigenvalue weighted by atomic mass is 9.74. The maximum atomic E-state index is 11.5. The number of nitrogens with one attached hydrogen (secondary N) is 1. The predicted molar refractivity (Wildman–Crippen MR) is 87.3 cm³/mol. The summed E-state index contributed by atoms with van der Waals surface area (Å²) in [6, 6.07) is 0. The fraction of sp³-hybridized carbons (Fsp3) is 0.733. The summed E-state index contributed by atoms with van der Waals surface area (Å²) in [5, 5.41) is 17.3. The number of nitrogens with zero attached hydrogens (tertiary/aromatic N) is 2. The van der Waals surface area contributed by atoms with E-state index in [4.69, 9.17) is 0 Å². The van der Waals surface area contributed by atoms with Crippen molar-refractivity contribution in [1.29, 1.82) is 0 Å². The highest BCUT2D eigenvalue weighted by Crippen LogP contribution is 2.31. The lowest BCUT2D eigenvalue weighted by molar-refractivity contribution is -0.151. The Morgan fingerprint density at radius 3 is 2.33 bits per heavy atom. The molecule has 0 atom stereocenters. The van der Waals surface area contributed by atoms with Gasteiger partial charge in [0, 0.05) is 18.6 Å². The third-order valence-electron chi connectivity index (χ3n) is 4.49. The van der Waals surface area contributed by atoms with Gasteiger partial charge in [0.25, 0.3) is 0 Å². The molecule has 0 aliphatic heterocycles. The minimum atomic E-state index is -0.871. The molecule has 0 aliphatic rings. The van der Waals surface area contributed by atoms with Crippen LogP contribution in [0.2, 0.25) is 0 Å². The molecular weight excluding hydrogens is 334 g/mol. The third kappa shape index (κ3) is 3.48. The normalized spacial score (nSPS) is 12.7. The van der Waals surface area contributed by atoms with Gasteiger partial charge in [-0.05, 0) is 57.0 Å². The number of carboxylic acids is 1. The molecular formula is C15H26BrN3O2. The lowest BCUT2D eigenvalue weighted by Crippen LogP contribution is -2.54. The first-order valence-electron chi connectivity index (χ1n) is 7.31. The van der Waals surface area contributed by atoms with Gasteiger partial charge in [0.1, 0.15) is 0 Å². The topological polar surface area (TPSA) is 67.2 Å². The first-order valence-corrected chi connectivity index (χ1v) is 8.10. The van der Waals surface area contributed by atoms with Crippen molar-refractivity contribution in [3.8, 4) is 0 Å². The highest BCUT2D eigenvalue weighted by molar-refractivity contribution is 9.10. The van der Waals surface area contributed by atoms with Crippen LogP contribution in [0.4, 0.5) is 0 Å². The van der Waals surface area contributed by atoms with E-state index in [1.54, 1.807) is 13.8 Å². The fourth-order valence-electron chi connectivity index (χ4n) is 1.98. The highest BCUT2D eigenvalue weighted by atomic mass is 79.9. The number of carbonyl (C=O) groups is 1. The van der Waals surface area contributed by atoms with Crippen LogP contribution in [0.15, 0.2) is 4.47 Å². The molecule has 2 N–H and O–H groups in total. The van der Waals surface area contributed by atoms with E-state index in [0.717, 1.165) is 28.8 Å². The fourth-order valence-corrected chi connectivity index (χ4v) is 2.68. The molecule has 1 aromatic rings. The number of hydrogen-bond donors (Lipinski definition) is 2. The van der Waals surface area contributed by atoms with Crippen LogP contribution in [0.25, 0.3) is 0 Å². The summed E-state index contributed by atoms with van der Waals surface area (Å²) < 4.78 is 2.98. The van der Waals surface area contributed by atoms with E-state index in [0.29, 0.717) is 6.54 Å². The maximum absolute atomic E-state index is 11.5. The number of rotatable bonds is 7. The second-order valence-corrected chi connectivity index (χ2v) is 7.08. The Kier molecular flexibility index (Phi) is 5.61. The van der Waals surface area contributed by atoms with E-state index >= 15 is 0 Å². The zero-order valence-corrected chi connectivity index (χ0v) is 15.3. The number of carboxylic acid groups (broad SMARTS) is 1. The van der Waals surface area contributed by atoms with Gasteiger partial charge in [-0.15, -0.1) is 0 Å². The smallest absolute Gasteiger partial charge is 0.310 e. The van der Waals surface area contributed by atoms with Gasteiger partial charge in [0.05, 0.1) is 21.3 Å². The average Bonchev–Trinajstić information content (AvgIpc) is 2.71. The SMILES string of the molecule is CCc1nn(CC)c(CNC(C)(C)C(C)(C)C(=O)O)c1Br. The summed E-state index contributed by atoms with van der Waals surface area (Å²) >= 11 is 3.61. The predicted octanol–water partition coefficient (Wildman–Crippen LogP) is 3.21. The van der Waals surface area contributed by atoms with Gasteiger partial charge in [-0.25, -0.2) is 0 Å². The highest BCUT2D eigenvalue weighted by Gasteiger charge is 2.43. The molecule has 0 amide bonds. The Morgan fingerprint density at radius 1 is 1.33 bits per heavy atom. The van der Waals surface area contributed by atoms with Crippen LogP contribution >= 0.6 is 15.9 Å². The molecule has 1 aromatic heterocycles. The number of halogens is 1. The number of aryl methyl sites for hydroxylation is 2. The van der Waals surface area contributed by atoms with E-state index in [-0.39, 0.29) is 0 Å². The molecule has 0 saturated carbocycles. The van der Waals surface area contributed by atoms with Gasteiger partial charge in [0.15, 0.2) is 0 Å². The minimum Gasteiger partial charge on any atom is -0.481 e. The first kappa shape index (κ1) is 18.2. The summed E-state index contributed by atoms with van der Waals surface area (Å²) in [5.41, 5.74) is 0.671. The molecule has 0 unspecified atom stereocenters. The van der Waals surface area contributed by atoms with E-state index < -0.39 is 16.9 Å². The van der Waals surface area contributed by atoms with Crippen LogP contribution in [0, 0.1) is 5.41 Å². The van der Waals surface area contributed by atoms with Crippen LogP contribution in [-0.2, 0) is 24.3 Å². The van der Waals surface area contributed by atoms with Crippen LogP contribution in [0.5, 0.6) is 0 Å². The molecule has 1 heterocycles. The number of hydrogen-bond acceptors (Lipinski definition) is 3. The third-order valence-corrected chi connectivity index (χ3v) is 5.40. The molecule has 0 radical (unpaired) electrons. The molecule has 0 aliphatic carbocycles. The molecule has 0 saturated heterocycles. The zero-order chi connectivity index (χ0) is 16.4. The van der Waals surface area contributed by atoms with Crippen molar-refractivity contribution in [3.63, 3.8) is 0 Å². The first-order chi connectivity index (χ1) is 9.58. The molecule has 21 heavy (non-hydrogen) atoms. The van der Waals surface area contributed by atoms with E-state index in [1.165, 1.54) is 0 Å². The molecule has 0 spiro atoms. The summed E-state index contributed by atoms with van der Waals surface area (Å²) in [7, 11) is 0. The van der Waals surface area contributed by atoms with Crippen molar-refractivity contribution >= 4 is 21.9 Å². The largest absolute Gasteiger partial charge is 0.481 e. The van der Waals surface area contributed by atoms with Crippen LogP contribution < -0.4 is 5.32 Å². The molecule has 0 aromatic carbocycles. The van der Waals surface area contributed by atoms with E-state index in [2.05, 4.69) is 40.2 Å². The summed E-state index contributed by atoms with van der Waals surface area (Å²) in [5.74, 6) is -0.808. The van der Waals surface area contributed by atoms with Gasteiger partial charge in [-0.1, -0.05) is 6.92 Å². The van der Waals surface area contributed by atoms with Crippen molar-refractivity contribution < 1.29 is 9.90 Å². The Bertz CT molecular complexity index is 521. The second-order valence-electron chi connectivity index (χ2n) is 6.29. The minimum absolute atomic E-state index is 0.548. The molecule has 5 nitrogen and oxygen atoms in total. The number of aliphatic carboxylic acids is 1. The Balaban J connectivity index is 2.98. The molecule has 1 rings (SSSR count). The van der Waals surface area contributed by atoms with Gasteiger partial charge in [-0.3, -0.25) is 9.48 Å². The Morgan fingerprint density at radius 2 is 1.90 bits per heavy atom. The van der Waals surface area contributed by atoms with Gasteiger partial charge in [-0.2, -0.15) is 5.10 Å². The number of aromatic nitrogens is 2. The Hall–Kier alpha value is -0.880. The van der Waals surface area contributed by atoms with Gasteiger partial charge < -0.3 is 10.4 Å². The van der Waals surface area contributed by atoms with Crippen molar-refractivity contribution in [1.82, 2.24) is 15.1 Å². The van der Waals surface area contributed by atoms with Crippen molar-refractivity contribution in [2.45, 2.75) is 66.6 Å². The standard InChI is InChI=1S/C15H26BrN3O2/c1-7-10-12(16)11(19(8-2)18-10)9-17-15(5,6)14(3,4)13(20)21/h17H,7-9H2,1-6H3,(H,20,21). The summed E-state index contributed by atoms with van der Waals surface area (Å²) in [6.45, 7) is 12.8. The van der Waals surface area contributed by atoms with Crippen molar-refractivity contribution in [2.75, 3.05) is 0 Å². The quantitative estimate of drug-likeness (QED) is 0.784. The van der Waals surface area contributed by atoms with Gasteiger partial charge >= 0.3 is 5.97 Å². The van der Waals surface area contributed by atoms with E-state index in [9.17, 15) is 9.90 Å². The second kappa shape index (κ2) is 6.48.